The van der Waals surface area contributed by atoms with E-state index in [0.29, 0.717) is 29.1 Å². The Bertz CT molecular complexity index is 580. The Kier molecular flexibility index (Phi) is 6.65. The number of aliphatic hydroxyl groups is 1. The number of carboxylic acid groups (broad SMARTS) is 1. The largest absolute Gasteiger partial charge is 3.00 e. The maximum Gasteiger partial charge on any atom is 3.00 e. The molecule has 0 amide bonds. The molecule has 2 N–H and O–H groups in total. The van der Waals surface area contributed by atoms with Crippen molar-refractivity contribution in [2.75, 3.05) is 0 Å². The van der Waals surface area contributed by atoms with Crippen LogP contribution in [0.5, 0.6) is 0 Å². The zero-order chi connectivity index (χ0) is 19.4. The third-order valence-corrected chi connectivity index (χ3v) is 10.2. The van der Waals surface area contributed by atoms with E-state index in [1.807, 2.05) is 0 Å². The van der Waals surface area contributed by atoms with Crippen molar-refractivity contribution in [3.8, 4) is 0 Å². The second-order valence-corrected chi connectivity index (χ2v) is 11.2. The molecule has 4 aliphatic carbocycles. The molecule has 0 aromatic heterocycles. The van der Waals surface area contributed by atoms with Gasteiger partial charge in [-0.25, -0.2) is 0 Å². The first-order valence-electron chi connectivity index (χ1n) is 11.7. The number of aliphatic hydroxyl groups excluding tert-OH is 1. The average Bonchev–Trinajstić information content (AvgIpc) is 2.97. The minimum atomic E-state index is -0.643. The van der Waals surface area contributed by atoms with Gasteiger partial charge in [0.2, 0.25) is 0 Å². The molecule has 0 aromatic carbocycles. The smallest absolute Gasteiger partial charge is 0.481 e. The molecule has 4 rings (SSSR count). The first-order valence-corrected chi connectivity index (χ1v) is 11.7. The van der Waals surface area contributed by atoms with Crippen LogP contribution in [0.3, 0.4) is 0 Å². The van der Waals surface area contributed by atoms with E-state index in [-0.39, 0.29) is 23.2 Å². The van der Waals surface area contributed by atoms with Crippen molar-refractivity contribution in [2.45, 2.75) is 97.5 Å². The minimum Gasteiger partial charge on any atom is -0.481 e. The van der Waals surface area contributed by atoms with Crippen molar-refractivity contribution in [1.29, 1.82) is 0 Å². The predicted molar refractivity (Wildman–Crippen MR) is 107 cm³/mol. The van der Waals surface area contributed by atoms with Crippen LogP contribution in [0.4, 0.5) is 0 Å². The molecule has 4 aliphatic rings. The standard InChI is InChI=1S/C24H40O3.Fe/c1-15(4-9-22(26)27)19-7-8-20-18-6-5-16-14-17(25)10-12-23(16,2)21(18)11-13-24(19,20)3;/h15-21,25H,4-14H2,1-3H3,(H,26,27);/q;+3/t15-,16?,17-,18+,19-,20+,21+,23+,24-;/m1./s1. The van der Waals surface area contributed by atoms with Gasteiger partial charge in [-0.05, 0) is 111 Å². The molecule has 0 heterocycles. The normalized spacial score (nSPS) is 48.6. The van der Waals surface area contributed by atoms with Gasteiger partial charge in [0.1, 0.15) is 0 Å². The van der Waals surface area contributed by atoms with Crippen LogP contribution in [0.1, 0.15) is 91.4 Å². The van der Waals surface area contributed by atoms with E-state index in [0.717, 1.165) is 42.9 Å². The fourth-order valence-corrected chi connectivity index (χ4v) is 8.76. The van der Waals surface area contributed by atoms with Crippen molar-refractivity contribution in [1.82, 2.24) is 0 Å². The van der Waals surface area contributed by atoms with Crippen molar-refractivity contribution < 1.29 is 32.1 Å². The Morgan fingerprint density at radius 2 is 1.68 bits per heavy atom. The maximum atomic E-state index is 11.0. The van der Waals surface area contributed by atoms with Gasteiger partial charge in [-0.3, -0.25) is 4.79 Å². The molecule has 4 fully saturated rings. The van der Waals surface area contributed by atoms with Crippen LogP contribution in [-0.2, 0) is 21.9 Å². The van der Waals surface area contributed by atoms with E-state index in [2.05, 4.69) is 20.8 Å². The van der Waals surface area contributed by atoms with Crippen LogP contribution < -0.4 is 0 Å². The molecule has 1 radical (unpaired) electrons. The monoisotopic (exact) mass is 432 g/mol. The molecule has 0 aliphatic heterocycles. The van der Waals surface area contributed by atoms with E-state index in [4.69, 9.17) is 5.11 Å². The van der Waals surface area contributed by atoms with Gasteiger partial charge in [0.25, 0.3) is 0 Å². The molecule has 0 aromatic rings. The molecular formula is C24H40FeO3+3. The zero-order valence-corrected chi connectivity index (χ0v) is 19.1. The molecule has 0 saturated heterocycles. The summed E-state index contributed by atoms with van der Waals surface area (Å²) in [6.45, 7) is 7.43. The van der Waals surface area contributed by atoms with Crippen molar-refractivity contribution in [3.63, 3.8) is 0 Å². The van der Waals surface area contributed by atoms with Gasteiger partial charge in [0, 0.05) is 6.42 Å². The summed E-state index contributed by atoms with van der Waals surface area (Å²) in [6.07, 6.45) is 12.4. The van der Waals surface area contributed by atoms with E-state index in [1.54, 1.807) is 0 Å². The van der Waals surface area contributed by atoms with Crippen molar-refractivity contribution >= 4 is 5.97 Å². The van der Waals surface area contributed by atoms with Gasteiger partial charge in [-0.15, -0.1) is 0 Å². The molecule has 0 bridgehead atoms. The molecule has 4 heteroatoms. The summed E-state index contributed by atoms with van der Waals surface area (Å²) in [6, 6.07) is 0. The summed E-state index contributed by atoms with van der Waals surface area (Å²) in [4.78, 5) is 11.0. The first kappa shape index (κ1) is 22.6. The molecule has 159 valence electrons. The van der Waals surface area contributed by atoms with Gasteiger partial charge in [-0.2, -0.15) is 0 Å². The van der Waals surface area contributed by atoms with E-state index >= 15 is 0 Å². The van der Waals surface area contributed by atoms with Gasteiger partial charge in [-0.1, -0.05) is 20.8 Å². The summed E-state index contributed by atoms with van der Waals surface area (Å²) in [7, 11) is 0. The molecular weight excluding hydrogens is 392 g/mol. The number of aliphatic carboxylic acids is 1. The fourth-order valence-electron chi connectivity index (χ4n) is 8.76. The Balaban J connectivity index is 0.00000225. The maximum absolute atomic E-state index is 11.0. The molecule has 4 saturated carbocycles. The summed E-state index contributed by atoms with van der Waals surface area (Å²) in [5, 5.41) is 19.3. The number of carboxylic acids is 1. The number of fused-ring (bicyclic) bond motifs is 5. The zero-order valence-electron chi connectivity index (χ0n) is 18.0. The number of hydrogen-bond acceptors (Lipinski definition) is 2. The average molecular weight is 432 g/mol. The number of rotatable bonds is 4. The van der Waals surface area contributed by atoms with Crippen LogP contribution in [0, 0.1) is 46.3 Å². The Labute approximate surface area is 181 Å². The van der Waals surface area contributed by atoms with E-state index in [1.165, 1.54) is 44.9 Å². The summed E-state index contributed by atoms with van der Waals surface area (Å²) < 4.78 is 0. The second kappa shape index (κ2) is 8.23. The van der Waals surface area contributed by atoms with Gasteiger partial charge in [0.15, 0.2) is 0 Å². The van der Waals surface area contributed by atoms with E-state index < -0.39 is 5.97 Å². The Hall–Kier alpha value is -0.0505. The summed E-state index contributed by atoms with van der Waals surface area (Å²) in [5.41, 5.74) is 0.882. The molecule has 28 heavy (non-hydrogen) atoms. The summed E-state index contributed by atoms with van der Waals surface area (Å²) >= 11 is 0. The third kappa shape index (κ3) is 3.60. The van der Waals surface area contributed by atoms with Gasteiger partial charge < -0.3 is 10.2 Å². The summed E-state index contributed by atoms with van der Waals surface area (Å²) in [5.74, 6) is 3.91. The Morgan fingerprint density at radius 3 is 2.39 bits per heavy atom. The minimum absolute atomic E-state index is 0. The molecule has 1 unspecified atom stereocenters. The predicted octanol–water partition coefficient (Wildman–Crippen LogP) is 5.50. The van der Waals surface area contributed by atoms with Crippen LogP contribution in [-0.4, -0.2) is 22.3 Å². The molecule has 0 spiro atoms. The van der Waals surface area contributed by atoms with Crippen LogP contribution in [0.25, 0.3) is 0 Å². The topological polar surface area (TPSA) is 57.5 Å². The van der Waals surface area contributed by atoms with Gasteiger partial charge in [0.05, 0.1) is 6.10 Å². The fraction of sp³-hybridized carbons (Fsp3) is 0.958. The van der Waals surface area contributed by atoms with Gasteiger partial charge >= 0.3 is 23.0 Å². The van der Waals surface area contributed by atoms with Crippen LogP contribution in [0.15, 0.2) is 0 Å². The first-order chi connectivity index (χ1) is 12.8. The molecule has 3 nitrogen and oxygen atoms in total. The van der Waals surface area contributed by atoms with Crippen molar-refractivity contribution in [2.24, 2.45) is 46.3 Å². The third-order valence-electron chi connectivity index (χ3n) is 10.2. The van der Waals surface area contributed by atoms with E-state index in [9.17, 15) is 9.90 Å². The van der Waals surface area contributed by atoms with Crippen LogP contribution >= 0.6 is 0 Å². The Morgan fingerprint density at radius 1 is 1.00 bits per heavy atom. The SMILES string of the molecule is C[C@H](CCC(=O)O)[C@H]1CC[C@H]2[C@@H]3CCC4C[C@H](O)CC[C@]4(C)[C@H]3CC[C@]12C.[Fe+3]. The van der Waals surface area contributed by atoms with Crippen molar-refractivity contribution in [3.05, 3.63) is 0 Å². The quantitative estimate of drug-likeness (QED) is 0.577. The number of hydrogen-bond donors (Lipinski definition) is 2. The van der Waals surface area contributed by atoms with Crippen LogP contribution in [0.2, 0.25) is 0 Å². The molecule has 9 atom stereocenters. The second-order valence-electron chi connectivity index (χ2n) is 11.2. The number of carbonyl (C=O) groups is 1.